The molecule has 2 aromatic rings. The van der Waals surface area contributed by atoms with Gasteiger partial charge in [0.05, 0.1) is 11.7 Å². The predicted octanol–water partition coefficient (Wildman–Crippen LogP) is 3.28. The van der Waals surface area contributed by atoms with E-state index in [1.54, 1.807) is 5.38 Å². The summed E-state index contributed by atoms with van der Waals surface area (Å²) in [5, 5.41) is 5.04. The van der Waals surface area contributed by atoms with Gasteiger partial charge < -0.3 is 10.1 Å². The highest BCUT2D eigenvalue weighted by molar-refractivity contribution is 7.14. The van der Waals surface area contributed by atoms with E-state index in [-0.39, 0.29) is 11.9 Å². The Hall–Kier alpha value is -1.90. The average molecular weight is 379 g/mol. The number of nitrogens with one attached hydrogen (secondary N) is 1. The van der Waals surface area contributed by atoms with Crippen LogP contribution in [-0.2, 0) is 9.53 Å². The standard InChI is InChI=1S/C18H19F2N3O2S/c19-13-2-1-11(9-14(13)20)15-10-26-18(21-15)22-17(24)16-3-6-23(16)12-4-7-25-8-5-12/h1-2,9-10,12,16H,3-8H2,(H,21,22,24). The van der Waals surface area contributed by atoms with Crippen LogP contribution in [0.15, 0.2) is 23.6 Å². The van der Waals surface area contributed by atoms with Crippen LogP contribution in [0.5, 0.6) is 0 Å². The Labute approximate surface area is 154 Å². The second kappa shape index (κ2) is 7.38. The molecule has 5 nitrogen and oxygen atoms in total. The topological polar surface area (TPSA) is 54.5 Å². The number of hydrogen-bond donors (Lipinski definition) is 1. The monoisotopic (exact) mass is 379 g/mol. The van der Waals surface area contributed by atoms with Crippen molar-refractivity contribution in [3.8, 4) is 11.3 Å². The molecule has 3 heterocycles. The SMILES string of the molecule is O=C(Nc1nc(-c2ccc(F)c(F)c2)cs1)C1CCN1C1CCOCC1. The first-order valence-electron chi connectivity index (χ1n) is 8.67. The number of ether oxygens (including phenoxy) is 1. The van der Waals surface area contributed by atoms with Crippen LogP contribution < -0.4 is 5.32 Å². The molecule has 1 aromatic carbocycles. The summed E-state index contributed by atoms with van der Waals surface area (Å²) in [7, 11) is 0. The van der Waals surface area contributed by atoms with Crippen molar-refractivity contribution >= 4 is 22.4 Å². The zero-order chi connectivity index (χ0) is 18.1. The summed E-state index contributed by atoms with van der Waals surface area (Å²) < 4.78 is 31.8. The minimum Gasteiger partial charge on any atom is -0.381 e. The molecular formula is C18H19F2N3O2S. The number of carbonyl (C=O) groups excluding carboxylic acids is 1. The van der Waals surface area contributed by atoms with E-state index in [9.17, 15) is 13.6 Å². The molecule has 0 bridgehead atoms. The first-order chi connectivity index (χ1) is 12.6. The number of likely N-dealkylation sites (tertiary alicyclic amines) is 1. The van der Waals surface area contributed by atoms with Gasteiger partial charge in [0, 0.05) is 36.7 Å². The van der Waals surface area contributed by atoms with Crippen LogP contribution in [0.3, 0.4) is 0 Å². The van der Waals surface area contributed by atoms with Crippen molar-refractivity contribution in [1.82, 2.24) is 9.88 Å². The van der Waals surface area contributed by atoms with Gasteiger partial charge in [-0.15, -0.1) is 11.3 Å². The summed E-state index contributed by atoms with van der Waals surface area (Å²) in [5.74, 6) is -1.87. The van der Waals surface area contributed by atoms with Crippen molar-refractivity contribution in [2.75, 3.05) is 25.1 Å². The molecule has 26 heavy (non-hydrogen) atoms. The number of anilines is 1. The summed E-state index contributed by atoms with van der Waals surface area (Å²) in [4.78, 5) is 19.1. The molecule has 1 aromatic heterocycles. The van der Waals surface area contributed by atoms with Crippen LogP contribution in [0.2, 0.25) is 0 Å². The summed E-state index contributed by atoms with van der Waals surface area (Å²) in [6.07, 6.45) is 2.76. The number of hydrogen-bond acceptors (Lipinski definition) is 5. The van der Waals surface area contributed by atoms with Gasteiger partial charge in [0.2, 0.25) is 5.91 Å². The van der Waals surface area contributed by atoms with Crippen molar-refractivity contribution in [3.63, 3.8) is 0 Å². The number of aromatic nitrogens is 1. The van der Waals surface area contributed by atoms with E-state index in [0.717, 1.165) is 51.2 Å². The highest BCUT2D eigenvalue weighted by Crippen LogP contribution is 2.29. The molecule has 1 unspecified atom stereocenters. The Morgan fingerprint density at radius 1 is 1.23 bits per heavy atom. The Morgan fingerprint density at radius 2 is 2.04 bits per heavy atom. The third-order valence-electron chi connectivity index (χ3n) is 4.97. The molecule has 0 saturated carbocycles. The lowest BCUT2D eigenvalue weighted by Gasteiger charge is -2.46. The van der Waals surface area contributed by atoms with Crippen molar-refractivity contribution in [2.45, 2.75) is 31.3 Å². The van der Waals surface area contributed by atoms with E-state index in [2.05, 4.69) is 15.2 Å². The van der Waals surface area contributed by atoms with E-state index in [4.69, 9.17) is 4.74 Å². The lowest BCUT2D eigenvalue weighted by molar-refractivity contribution is -0.129. The van der Waals surface area contributed by atoms with Gasteiger partial charge in [0.15, 0.2) is 16.8 Å². The molecule has 1 amide bonds. The summed E-state index contributed by atoms with van der Waals surface area (Å²) in [6, 6.07) is 3.92. The molecule has 0 spiro atoms. The van der Waals surface area contributed by atoms with Crippen LogP contribution >= 0.6 is 11.3 Å². The summed E-state index contributed by atoms with van der Waals surface area (Å²) in [5.41, 5.74) is 0.993. The number of carbonyl (C=O) groups is 1. The minimum atomic E-state index is -0.914. The maximum atomic E-state index is 13.4. The molecule has 4 rings (SSSR count). The lowest BCUT2D eigenvalue weighted by Crippen LogP contribution is -2.59. The molecule has 0 radical (unpaired) electrons. The number of benzene rings is 1. The van der Waals surface area contributed by atoms with Crippen LogP contribution in [0.25, 0.3) is 11.3 Å². The molecule has 138 valence electrons. The predicted molar refractivity (Wildman–Crippen MR) is 95.0 cm³/mol. The fourth-order valence-electron chi connectivity index (χ4n) is 3.45. The van der Waals surface area contributed by atoms with Gasteiger partial charge in [-0.3, -0.25) is 9.69 Å². The van der Waals surface area contributed by atoms with E-state index in [0.29, 0.717) is 22.4 Å². The smallest absolute Gasteiger partial charge is 0.243 e. The van der Waals surface area contributed by atoms with Crippen molar-refractivity contribution in [2.24, 2.45) is 0 Å². The van der Waals surface area contributed by atoms with E-state index >= 15 is 0 Å². The van der Waals surface area contributed by atoms with Crippen molar-refractivity contribution in [1.29, 1.82) is 0 Å². The highest BCUT2D eigenvalue weighted by Gasteiger charge is 2.39. The van der Waals surface area contributed by atoms with Gasteiger partial charge in [-0.1, -0.05) is 0 Å². The Bertz CT molecular complexity index is 807. The molecule has 1 atom stereocenters. The van der Waals surface area contributed by atoms with Crippen LogP contribution in [0.4, 0.5) is 13.9 Å². The largest absolute Gasteiger partial charge is 0.381 e. The summed E-state index contributed by atoms with van der Waals surface area (Å²) >= 11 is 1.27. The quantitative estimate of drug-likeness (QED) is 0.886. The molecule has 8 heteroatoms. The Morgan fingerprint density at radius 3 is 2.73 bits per heavy atom. The zero-order valence-electron chi connectivity index (χ0n) is 14.1. The van der Waals surface area contributed by atoms with Crippen LogP contribution in [0.1, 0.15) is 19.3 Å². The molecular weight excluding hydrogens is 360 g/mol. The molecule has 2 aliphatic rings. The fourth-order valence-corrected chi connectivity index (χ4v) is 4.17. The third kappa shape index (κ3) is 3.49. The second-order valence-electron chi connectivity index (χ2n) is 6.54. The zero-order valence-corrected chi connectivity index (χ0v) is 14.9. The van der Waals surface area contributed by atoms with Gasteiger partial charge in [-0.2, -0.15) is 0 Å². The van der Waals surface area contributed by atoms with E-state index < -0.39 is 11.6 Å². The molecule has 2 saturated heterocycles. The minimum absolute atomic E-state index is 0.0612. The van der Waals surface area contributed by atoms with Gasteiger partial charge in [0.1, 0.15) is 0 Å². The van der Waals surface area contributed by atoms with Gasteiger partial charge in [0.25, 0.3) is 0 Å². The van der Waals surface area contributed by atoms with Gasteiger partial charge in [-0.05, 0) is 37.5 Å². The Balaban J connectivity index is 1.40. The molecule has 0 aliphatic carbocycles. The van der Waals surface area contributed by atoms with Gasteiger partial charge in [-0.25, -0.2) is 13.8 Å². The third-order valence-corrected chi connectivity index (χ3v) is 5.73. The first-order valence-corrected chi connectivity index (χ1v) is 9.55. The normalized spacial score (nSPS) is 21.4. The second-order valence-corrected chi connectivity index (χ2v) is 7.40. The van der Waals surface area contributed by atoms with Gasteiger partial charge >= 0.3 is 0 Å². The molecule has 2 fully saturated rings. The first kappa shape index (κ1) is 17.5. The maximum Gasteiger partial charge on any atom is 0.243 e. The highest BCUT2D eigenvalue weighted by atomic mass is 32.1. The van der Waals surface area contributed by atoms with Crippen LogP contribution in [-0.4, -0.2) is 47.6 Å². The molecule has 1 N–H and O–H groups in total. The van der Waals surface area contributed by atoms with E-state index in [1.165, 1.54) is 17.4 Å². The molecule has 2 aliphatic heterocycles. The number of thiazole rings is 1. The Kier molecular flexibility index (Phi) is 4.97. The fraction of sp³-hybridized carbons (Fsp3) is 0.444. The van der Waals surface area contributed by atoms with Crippen LogP contribution in [0, 0.1) is 11.6 Å². The lowest BCUT2D eigenvalue weighted by atomic mass is 9.95. The van der Waals surface area contributed by atoms with Crippen molar-refractivity contribution in [3.05, 3.63) is 35.2 Å². The summed E-state index contributed by atoms with van der Waals surface area (Å²) in [6.45, 7) is 2.43. The number of rotatable bonds is 4. The average Bonchev–Trinajstić information content (AvgIpc) is 3.05. The number of amides is 1. The maximum absolute atomic E-state index is 13.4. The number of halogens is 2. The number of nitrogens with zero attached hydrogens (tertiary/aromatic N) is 2. The van der Waals surface area contributed by atoms with Crippen molar-refractivity contribution < 1.29 is 18.3 Å². The van der Waals surface area contributed by atoms with E-state index in [1.807, 2.05) is 0 Å².